The number of cyclic esters (lactones) is 1. The van der Waals surface area contributed by atoms with Gasteiger partial charge in [-0.15, -0.1) is 0 Å². The molecule has 3 nitrogen and oxygen atoms in total. The first-order valence-corrected chi connectivity index (χ1v) is 6.93. The molecule has 1 aliphatic heterocycles. The molecule has 0 N–H and O–H groups in total. The van der Waals surface area contributed by atoms with E-state index in [4.69, 9.17) is 27.9 Å². The van der Waals surface area contributed by atoms with Gasteiger partial charge in [0.05, 0.1) is 0 Å². The van der Waals surface area contributed by atoms with E-state index in [-0.39, 0.29) is 11.6 Å². The highest BCUT2D eigenvalue weighted by Crippen LogP contribution is 2.28. The van der Waals surface area contributed by atoms with Crippen molar-refractivity contribution < 1.29 is 9.53 Å². The molecular formula is C16H9Cl2NO2. The summed E-state index contributed by atoms with van der Waals surface area (Å²) in [5, 5.41) is 0.900. The van der Waals surface area contributed by atoms with Crippen LogP contribution in [0.2, 0.25) is 10.0 Å². The third kappa shape index (κ3) is 2.84. The van der Waals surface area contributed by atoms with Crippen molar-refractivity contribution in [2.24, 2.45) is 4.99 Å². The van der Waals surface area contributed by atoms with Gasteiger partial charge in [-0.1, -0.05) is 47.5 Å². The van der Waals surface area contributed by atoms with Crippen LogP contribution in [-0.2, 0) is 9.53 Å². The number of carbonyl (C=O) groups excluding carboxylic acids is 1. The van der Waals surface area contributed by atoms with Gasteiger partial charge in [-0.2, -0.15) is 0 Å². The number of ether oxygens (including phenoxy) is 1. The molecule has 0 radical (unpaired) electrons. The summed E-state index contributed by atoms with van der Waals surface area (Å²) >= 11 is 12.2. The van der Waals surface area contributed by atoms with Crippen LogP contribution < -0.4 is 0 Å². The molecule has 0 fully saturated rings. The molecule has 0 atom stereocenters. The third-order valence-electron chi connectivity index (χ3n) is 2.92. The number of carbonyl (C=O) groups is 1. The SMILES string of the molecule is O=C1OC(c2ccccc2)=N/C1=C/c1c(Cl)cccc1Cl. The molecule has 0 saturated heterocycles. The average molecular weight is 318 g/mol. The van der Waals surface area contributed by atoms with Crippen LogP contribution in [0.15, 0.2) is 59.2 Å². The second-order valence-electron chi connectivity index (χ2n) is 4.34. The Hall–Kier alpha value is -2.10. The molecule has 0 bridgehead atoms. The molecule has 21 heavy (non-hydrogen) atoms. The van der Waals surface area contributed by atoms with Crippen LogP contribution in [0.5, 0.6) is 0 Å². The van der Waals surface area contributed by atoms with Gasteiger partial charge in [0.25, 0.3) is 0 Å². The van der Waals surface area contributed by atoms with E-state index in [2.05, 4.69) is 4.99 Å². The number of esters is 1. The molecular weight excluding hydrogens is 309 g/mol. The van der Waals surface area contributed by atoms with Crippen LogP contribution >= 0.6 is 23.2 Å². The lowest BCUT2D eigenvalue weighted by Crippen LogP contribution is -2.04. The first-order valence-electron chi connectivity index (χ1n) is 6.17. The van der Waals surface area contributed by atoms with Crippen LogP contribution in [0.25, 0.3) is 6.08 Å². The second kappa shape index (κ2) is 5.72. The molecule has 0 saturated carbocycles. The monoisotopic (exact) mass is 317 g/mol. The van der Waals surface area contributed by atoms with Gasteiger partial charge in [0.15, 0.2) is 5.70 Å². The molecule has 1 aliphatic rings. The van der Waals surface area contributed by atoms with Gasteiger partial charge in [-0.25, -0.2) is 9.79 Å². The van der Waals surface area contributed by atoms with E-state index in [1.54, 1.807) is 18.2 Å². The third-order valence-corrected chi connectivity index (χ3v) is 3.58. The average Bonchev–Trinajstić information content (AvgIpc) is 2.85. The maximum atomic E-state index is 11.9. The number of benzene rings is 2. The van der Waals surface area contributed by atoms with Crippen LogP contribution in [0.4, 0.5) is 0 Å². The Labute approximate surface area is 131 Å². The molecule has 1 heterocycles. The predicted octanol–water partition coefficient (Wildman–Crippen LogP) is 4.34. The number of hydrogen-bond acceptors (Lipinski definition) is 3. The predicted molar refractivity (Wildman–Crippen MR) is 83.5 cm³/mol. The summed E-state index contributed by atoms with van der Waals surface area (Å²) in [4.78, 5) is 16.1. The summed E-state index contributed by atoms with van der Waals surface area (Å²) in [5.74, 6) is -0.250. The molecule has 0 unspecified atom stereocenters. The fourth-order valence-corrected chi connectivity index (χ4v) is 2.41. The minimum absolute atomic E-state index is 0.170. The second-order valence-corrected chi connectivity index (χ2v) is 5.15. The van der Waals surface area contributed by atoms with Gasteiger partial charge in [0, 0.05) is 21.2 Å². The Bertz CT molecular complexity index is 747. The van der Waals surface area contributed by atoms with Gasteiger partial charge in [-0.3, -0.25) is 0 Å². The summed E-state index contributed by atoms with van der Waals surface area (Å²) < 4.78 is 5.17. The summed E-state index contributed by atoms with van der Waals surface area (Å²) in [6.07, 6.45) is 1.53. The van der Waals surface area contributed by atoms with Crippen molar-refractivity contribution in [3.63, 3.8) is 0 Å². The number of halogens is 2. The van der Waals surface area contributed by atoms with E-state index >= 15 is 0 Å². The zero-order valence-corrected chi connectivity index (χ0v) is 12.2. The van der Waals surface area contributed by atoms with E-state index in [0.717, 1.165) is 5.56 Å². The summed E-state index contributed by atoms with van der Waals surface area (Å²) in [6.45, 7) is 0. The number of aliphatic imine (C=N–C) groups is 1. The largest absolute Gasteiger partial charge is 0.402 e. The maximum Gasteiger partial charge on any atom is 0.363 e. The summed E-state index contributed by atoms with van der Waals surface area (Å²) in [7, 11) is 0. The van der Waals surface area contributed by atoms with Crippen molar-refractivity contribution in [2.75, 3.05) is 0 Å². The van der Waals surface area contributed by atoms with E-state index in [1.165, 1.54) is 6.08 Å². The minimum Gasteiger partial charge on any atom is -0.402 e. The van der Waals surface area contributed by atoms with Gasteiger partial charge in [0.2, 0.25) is 5.90 Å². The molecule has 5 heteroatoms. The van der Waals surface area contributed by atoms with Crippen molar-refractivity contribution in [2.45, 2.75) is 0 Å². The first kappa shape index (κ1) is 13.9. The van der Waals surface area contributed by atoms with E-state index in [0.29, 0.717) is 15.6 Å². The lowest BCUT2D eigenvalue weighted by molar-refractivity contribution is -0.129. The highest BCUT2D eigenvalue weighted by atomic mass is 35.5. The maximum absolute atomic E-state index is 11.9. The molecule has 104 valence electrons. The van der Waals surface area contributed by atoms with Crippen LogP contribution in [0.3, 0.4) is 0 Å². The zero-order chi connectivity index (χ0) is 14.8. The van der Waals surface area contributed by atoms with E-state index in [1.807, 2.05) is 30.3 Å². The van der Waals surface area contributed by atoms with Crippen LogP contribution in [0.1, 0.15) is 11.1 Å². The first-order chi connectivity index (χ1) is 10.1. The Morgan fingerprint density at radius 3 is 2.29 bits per heavy atom. The van der Waals surface area contributed by atoms with Gasteiger partial charge >= 0.3 is 5.97 Å². The molecule has 3 rings (SSSR count). The Morgan fingerprint density at radius 1 is 0.952 bits per heavy atom. The normalized spacial score (nSPS) is 16.0. The number of rotatable bonds is 2. The minimum atomic E-state index is -0.523. The number of nitrogens with zero attached hydrogens (tertiary/aromatic N) is 1. The van der Waals surface area contributed by atoms with Gasteiger partial charge in [-0.05, 0) is 30.3 Å². The Morgan fingerprint density at radius 2 is 1.62 bits per heavy atom. The van der Waals surface area contributed by atoms with Crippen molar-refractivity contribution in [1.82, 2.24) is 0 Å². The lowest BCUT2D eigenvalue weighted by Gasteiger charge is -2.00. The summed E-state index contributed by atoms with van der Waals surface area (Å²) in [6, 6.07) is 14.3. The van der Waals surface area contributed by atoms with Crippen molar-refractivity contribution in [3.8, 4) is 0 Å². The standard InChI is InChI=1S/C16H9Cl2NO2/c17-12-7-4-8-13(18)11(12)9-14-16(20)21-15(19-14)10-5-2-1-3-6-10/h1-9H/b14-9+. The quantitative estimate of drug-likeness (QED) is 0.610. The molecule has 2 aromatic rings. The fourth-order valence-electron chi connectivity index (χ4n) is 1.90. The highest BCUT2D eigenvalue weighted by Gasteiger charge is 2.24. The lowest BCUT2D eigenvalue weighted by atomic mass is 10.2. The molecule has 0 amide bonds. The van der Waals surface area contributed by atoms with Gasteiger partial charge < -0.3 is 4.74 Å². The highest BCUT2D eigenvalue weighted by molar-refractivity contribution is 6.37. The van der Waals surface area contributed by atoms with Crippen LogP contribution in [0, 0.1) is 0 Å². The molecule has 0 spiro atoms. The molecule has 2 aromatic carbocycles. The van der Waals surface area contributed by atoms with Crippen molar-refractivity contribution in [1.29, 1.82) is 0 Å². The van der Waals surface area contributed by atoms with Crippen molar-refractivity contribution in [3.05, 3.63) is 75.4 Å². The number of hydrogen-bond donors (Lipinski definition) is 0. The van der Waals surface area contributed by atoms with Crippen LogP contribution in [-0.4, -0.2) is 11.9 Å². The molecule has 0 aliphatic carbocycles. The molecule has 0 aromatic heterocycles. The smallest absolute Gasteiger partial charge is 0.363 e. The topological polar surface area (TPSA) is 38.7 Å². The zero-order valence-electron chi connectivity index (χ0n) is 10.7. The fraction of sp³-hybridized carbons (Fsp3) is 0. The Balaban J connectivity index is 2.01. The van der Waals surface area contributed by atoms with Crippen molar-refractivity contribution >= 4 is 41.1 Å². The van der Waals surface area contributed by atoms with Gasteiger partial charge in [0.1, 0.15) is 0 Å². The summed E-state index contributed by atoms with van der Waals surface area (Å²) in [5.41, 5.74) is 1.45. The Kier molecular flexibility index (Phi) is 3.78. The van der Waals surface area contributed by atoms with E-state index in [9.17, 15) is 4.79 Å². The van der Waals surface area contributed by atoms with E-state index < -0.39 is 5.97 Å².